The van der Waals surface area contributed by atoms with E-state index < -0.39 is 46.2 Å². The lowest BCUT2D eigenvalue weighted by Crippen LogP contribution is -2.43. The maximum atomic E-state index is 13.5. The van der Waals surface area contributed by atoms with Crippen molar-refractivity contribution in [3.63, 3.8) is 0 Å². The van der Waals surface area contributed by atoms with Gasteiger partial charge in [-0.05, 0) is 159 Å². The molecule has 43 heavy (non-hydrogen) atoms. The van der Waals surface area contributed by atoms with E-state index in [-0.39, 0.29) is 55.0 Å². The molecule has 0 aromatic heterocycles. The Labute approximate surface area is 335 Å². The second-order valence-electron chi connectivity index (χ2n) is 7.81. The number of anilines is 2. The number of amides is 4. The van der Waals surface area contributed by atoms with E-state index in [1.54, 1.807) is 136 Å². The molecule has 230 valence electrons. The Morgan fingerprint density at radius 1 is 0.581 bits per heavy atom. The van der Waals surface area contributed by atoms with Gasteiger partial charge in [-0.2, -0.15) is 0 Å². The molecular weight excluding hydrogens is 1290 g/mol. The smallest absolute Gasteiger partial charge is 0.303 e. The van der Waals surface area contributed by atoms with E-state index in [1.165, 1.54) is 14.1 Å². The molecule has 20 heteroatoms. The van der Waals surface area contributed by atoms with Crippen LogP contribution in [0.1, 0.15) is 48.4 Å². The maximum absolute atomic E-state index is 13.5. The van der Waals surface area contributed by atoms with Crippen molar-refractivity contribution in [3.8, 4) is 0 Å². The van der Waals surface area contributed by atoms with Crippen molar-refractivity contribution in [2.24, 2.45) is 0 Å². The molecule has 0 fully saturated rings. The van der Waals surface area contributed by atoms with Gasteiger partial charge in [0.15, 0.2) is 0 Å². The maximum Gasteiger partial charge on any atom is 0.303 e. The van der Waals surface area contributed by atoms with Crippen LogP contribution in [0.3, 0.4) is 0 Å². The summed E-state index contributed by atoms with van der Waals surface area (Å²) >= 11 is 22.3. The van der Waals surface area contributed by atoms with Gasteiger partial charge >= 0.3 is 5.97 Å². The van der Waals surface area contributed by atoms with E-state index in [1.807, 2.05) is 0 Å². The van der Waals surface area contributed by atoms with Gasteiger partial charge in [-0.1, -0.05) is 0 Å². The first-order valence-corrected chi connectivity index (χ1v) is 18.2. The van der Waals surface area contributed by atoms with Gasteiger partial charge in [-0.15, -0.1) is 0 Å². The molecule has 0 aliphatic carbocycles. The molecule has 0 spiro atoms. The summed E-state index contributed by atoms with van der Waals surface area (Å²) in [5.74, 6) is -4.42. The number of halogens is 8. The van der Waals surface area contributed by atoms with Crippen molar-refractivity contribution in [1.82, 2.24) is 10.6 Å². The minimum atomic E-state index is -2.11. The molecular formula is C23H14Cl2I6N4O8. The fourth-order valence-corrected chi connectivity index (χ4v) is 13.2. The molecule has 0 radical (unpaired) electrons. The van der Waals surface area contributed by atoms with Crippen LogP contribution in [-0.4, -0.2) is 60.3 Å². The largest absolute Gasteiger partial charge is 0.442 e. The van der Waals surface area contributed by atoms with Gasteiger partial charge < -0.3 is 26.0 Å². The Balaban J connectivity index is 2.70. The average molecular weight is 1310 g/mol. The second kappa shape index (κ2) is 16.8. The van der Waals surface area contributed by atoms with Crippen molar-refractivity contribution >= 4 is 210 Å². The van der Waals surface area contributed by atoms with E-state index in [0.29, 0.717) is 0 Å². The lowest BCUT2D eigenvalue weighted by molar-refractivity contribution is -0.156. The van der Waals surface area contributed by atoms with Crippen molar-refractivity contribution in [3.05, 3.63) is 43.7 Å². The SMILES string of the molecule is CNC(=O)c1c(I)c(NC(=O)C(OC(C)=O)C(=O)Nc2c(I)c(C(=O)Cl)c(I)c(C(=O)NC)c2I)c(I)c(C(=O)Cl)c1I. The number of rotatable bonds is 9. The minimum absolute atomic E-state index is 0.0329. The Bertz CT molecular complexity index is 1510. The third-order valence-electron chi connectivity index (χ3n) is 5.19. The number of esters is 1. The van der Waals surface area contributed by atoms with Gasteiger partial charge in [-0.3, -0.25) is 33.6 Å². The number of carbonyl (C=O) groups is 7. The van der Waals surface area contributed by atoms with Gasteiger partial charge in [0.05, 0.1) is 47.9 Å². The molecule has 2 rings (SSSR count). The molecule has 0 heterocycles. The van der Waals surface area contributed by atoms with E-state index in [0.717, 1.165) is 6.92 Å². The van der Waals surface area contributed by atoms with Crippen LogP contribution >= 0.6 is 159 Å². The zero-order valence-electron chi connectivity index (χ0n) is 21.4. The Hall–Kier alpha value is 0.0900. The van der Waals surface area contributed by atoms with Gasteiger partial charge in [-0.25, -0.2) is 0 Å². The van der Waals surface area contributed by atoms with Crippen LogP contribution in [0.4, 0.5) is 11.4 Å². The van der Waals surface area contributed by atoms with Crippen LogP contribution in [-0.2, 0) is 19.1 Å². The van der Waals surface area contributed by atoms with E-state index in [2.05, 4.69) is 21.3 Å². The molecule has 0 unspecified atom stereocenters. The molecule has 4 amide bonds. The number of hydrogen-bond acceptors (Lipinski definition) is 8. The molecule has 2 aromatic carbocycles. The van der Waals surface area contributed by atoms with Crippen molar-refractivity contribution in [2.45, 2.75) is 13.0 Å². The number of benzene rings is 2. The van der Waals surface area contributed by atoms with Crippen LogP contribution < -0.4 is 21.3 Å². The van der Waals surface area contributed by atoms with Crippen LogP contribution in [0, 0.1) is 21.4 Å². The highest BCUT2D eigenvalue weighted by molar-refractivity contribution is 14.1. The van der Waals surface area contributed by atoms with Gasteiger partial charge in [0.2, 0.25) is 0 Å². The number of carbonyl (C=O) groups excluding carboxylic acids is 7. The van der Waals surface area contributed by atoms with E-state index >= 15 is 0 Å². The molecule has 4 N–H and O–H groups in total. The monoisotopic (exact) mass is 1310 g/mol. The van der Waals surface area contributed by atoms with Crippen molar-refractivity contribution in [2.75, 3.05) is 24.7 Å². The zero-order chi connectivity index (χ0) is 33.1. The molecule has 0 bridgehead atoms. The third-order valence-corrected chi connectivity index (χ3v) is 12.0. The summed E-state index contributed by atoms with van der Waals surface area (Å²) in [5.41, 5.74) is -0.105. The zero-order valence-corrected chi connectivity index (χ0v) is 35.8. The standard InChI is InChI=1S/C23H14Cl2I6N4O8/c1-4(36)43-17(22(41)34-15-11(28)5(18(24)37)9(26)7(13(15)30)20(39)32-2)23(42)35-16-12(29)6(19(25)38)10(27)8(14(16)31)21(40)33-3/h17H,1-3H3,(H,32,39)(H,33,40)(H,34,41)(H,35,42). The molecule has 0 aliphatic rings. The summed E-state index contributed by atoms with van der Waals surface area (Å²) in [6.07, 6.45) is -2.11. The third kappa shape index (κ3) is 8.72. The Morgan fingerprint density at radius 2 is 0.884 bits per heavy atom. The van der Waals surface area contributed by atoms with Crippen LogP contribution in [0.5, 0.6) is 0 Å². The van der Waals surface area contributed by atoms with Crippen LogP contribution in [0.25, 0.3) is 0 Å². The van der Waals surface area contributed by atoms with Crippen LogP contribution in [0.2, 0.25) is 0 Å². The van der Waals surface area contributed by atoms with E-state index in [9.17, 15) is 33.6 Å². The molecule has 0 aliphatic heterocycles. The predicted molar refractivity (Wildman–Crippen MR) is 209 cm³/mol. The lowest BCUT2D eigenvalue weighted by atomic mass is 10.1. The number of nitrogens with one attached hydrogen (secondary N) is 4. The molecule has 0 saturated heterocycles. The Kier molecular flexibility index (Phi) is 15.3. The number of hydrogen-bond donors (Lipinski definition) is 4. The first-order valence-electron chi connectivity index (χ1n) is 11.0. The summed E-state index contributed by atoms with van der Waals surface area (Å²) < 4.78 is 6.28. The first-order chi connectivity index (χ1) is 19.9. The fraction of sp³-hybridized carbons (Fsp3) is 0.174. The Morgan fingerprint density at radius 3 is 1.14 bits per heavy atom. The summed E-state index contributed by atoms with van der Waals surface area (Å²) in [4.78, 5) is 88.8. The average Bonchev–Trinajstić information content (AvgIpc) is 2.90. The van der Waals surface area contributed by atoms with Gasteiger partial charge in [0.25, 0.3) is 40.2 Å². The molecule has 0 atom stereocenters. The highest BCUT2D eigenvalue weighted by Gasteiger charge is 2.35. The quantitative estimate of drug-likeness (QED) is 0.113. The summed E-state index contributed by atoms with van der Waals surface area (Å²) in [6.45, 7) is 0.978. The molecule has 12 nitrogen and oxygen atoms in total. The highest BCUT2D eigenvalue weighted by atomic mass is 127. The molecule has 0 saturated carbocycles. The topological polar surface area (TPSA) is 177 Å². The molecule has 2 aromatic rings. The van der Waals surface area contributed by atoms with Crippen molar-refractivity contribution in [1.29, 1.82) is 0 Å². The predicted octanol–water partition coefficient (Wildman–Crippen LogP) is 5.30. The summed E-state index contributed by atoms with van der Waals surface area (Å²) in [6, 6.07) is 0. The van der Waals surface area contributed by atoms with Crippen LogP contribution in [0.15, 0.2) is 0 Å². The van der Waals surface area contributed by atoms with E-state index in [4.69, 9.17) is 27.9 Å². The normalized spacial score (nSPS) is 10.6. The summed E-state index contributed by atoms with van der Waals surface area (Å²) in [7, 11) is 2.75. The minimum Gasteiger partial charge on any atom is -0.442 e. The second-order valence-corrected chi connectivity index (χ2v) is 15.0. The summed E-state index contributed by atoms with van der Waals surface area (Å²) in [5, 5.41) is 8.03. The highest BCUT2D eigenvalue weighted by Crippen LogP contribution is 2.38. The van der Waals surface area contributed by atoms with Crippen molar-refractivity contribution < 1.29 is 38.3 Å². The number of ether oxygens (including phenoxy) is 1. The van der Waals surface area contributed by atoms with Gasteiger partial charge in [0, 0.05) is 28.2 Å². The fourth-order valence-electron chi connectivity index (χ4n) is 3.31. The van der Waals surface area contributed by atoms with Gasteiger partial charge in [0.1, 0.15) is 0 Å². The first kappa shape index (κ1) is 39.3. The lowest BCUT2D eigenvalue weighted by Gasteiger charge is -2.22.